The molecule has 0 spiro atoms. The fourth-order valence-electron chi connectivity index (χ4n) is 3.78. The number of benzene rings is 2. The van der Waals surface area contributed by atoms with E-state index < -0.39 is 33.9 Å². The maximum Gasteiger partial charge on any atom is 0.337 e. The largest absolute Gasteiger partial charge is 0.465 e. The van der Waals surface area contributed by atoms with Gasteiger partial charge in [0, 0.05) is 17.6 Å². The molecule has 1 amide bonds. The number of nitrogens with zero attached hydrogens (tertiary/aromatic N) is 1. The van der Waals surface area contributed by atoms with Gasteiger partial charge in [0.2, 0.25) is 15.9 Å². The van der Waals surface area contributed by atoms with Crippen LogP contribution in [0.5, 0.6) is 0 Å². The van der Waals surface area contributed by atoms with Crippen molar-refractivity contribution in [2.24, 2.45) is 11.7 Å². The van der Waals surface area contributed by atoms with Crippen molar-refractivity contribution < 1.29 is 22.7 Å². The quantitative estimate of drug-likeness (QED) is 0.652. The average Bonchev–Trinajstić information content (AvgIpc) is 3.22. The number of primary amides is 1. The lowest BCUT2D eigenvalue weighted by atomic mass is 10.0. The molecule has 0 saturated heterocycles. The third-order valence-corrected chi connectivity index (χ3v) is 7.49. The molecule has 3 rings (SSSR count). The molecule has 2 atom stereocenters. The van der Waals surface area contributed by atoms with Gasteiger partial charge in [0.1, 0.15) is 0 Å². The molecule has 1 saturated carbocycles. The molecular weight excluding hydrogens is 428 g/mol. The second-order valence-corrected chi connectivity index (χ2v) is 9.53. The monoisotopic (exact) mass is 450 g/mol. The first-order valence-corrected chi connectivity index (χ1v) is 11.3. The number of amides is 1. The predicted octanol–water partition coefficient (Wildman–Crippen LogP) is 2.97. The Labute approximate surface area is 180 Å². The normalized spacial score (nSPS) is 19.0. The Kier molecular flexibility index (Phi) is 6.80. The number of nitrogens with two attached hydrogens (primary N) is 1. The number of hydrogen-bond donors (Lipinski definition) is 1. The van der Waals surface area contributed by atoms with E-state index >= 15 is 0 Å². The van der Waals surface area contributed by atoms with Gasteiger partial charge in [-0.1, -0.05) is 30.2 Å². The second-order valence-electron chi connectivity index (χ2n) is 7.20. The molecule has 0 aromatic heterocycles. The standard InChI is InChI=1S/C21H23ClN2O5S/c1-29-21(26)15-7-5-14(6-8-15)13-24(19-4-2-3-18(19)20(23)25)30(27,28)17-11-9-16(22)10-12-17/h5-12,18-19H,2-4,13H2,1H3,(H2,23,25). The number of sulfonamides is 1. The molecule has 1 aliphatic carbocycles. The number of methoxy groups -OCH3 is 1. The number of ether oxygens (including phenoxy) is 1. The number of rotatable bonds is 7. The Morgan fingerprint density at radius 2 is 1.73 bits per heavy atom. The van der Waals surface area contributed by atoms with Crippen LogP contribution >= 0.6 is 11.6 Å². The summed E-state index contributed by atoms with van der Waals surface area (Å²) in [5.41, 5.74) is 6.60. The van der Waals surface area contributed by atoms with E-state index in [1.807, 2.05) is 0 Å². The summed E-state index contributed by atoms with van der Waals surface area (Å²) in [7, 11) is -2.63. The highest BCUT2D eigenvalue weighted by atomic mass is 35.5. The number of hydrogen-bond acceptors (Lipinski definition) is 5. The molecule has 160 valence electrons. The van der Waals surface area contributed by atoms with Gasteiger partial charge in [-0.15, -0.1) is 0 Å². The summed E-state index contributed by atoms with van der Waals surface area (Å²) in [5.74, 6) is -1.53. The molecule has 0 heterocycles. The van der Waals surface area contributed by atoms with Crippen LogP contribution in [0.4, 0.5) is 0 Å². The molecule has 1 aliphatic rings. The number of halogens is 1. The van der Waals surface area contributed by atoms with Crippen LogP contribution in [-0.2, 0) is 26.1 Å². The van der Waals surface area contributed by atoms with Crippen molar-refractivity contribution in [3.8, 4) is 0 Å². The third kappa shape index (κ3) is 4.66. The van der Waals surface area contributed by atoms with Crippen molar-refractivity contribution in [1.82, 2.24) is 4.31 Å². The first-order valence-electron chi connectivity index (χ1n) is 9.48. The molecule has 1 fully saturated rings. The van der Waals surface area contributed by atoms with Crippen molar-refractivity contribution in [2.45, 2.75) is 36.7 Å². The third-order valence-electron chi connectivity index (χ3n) is 5.35. The van der Waals surface area contributed by atoms with E-state index in [4.69, 9.17) is 22.1 Å². The summed E-state index contributed by atoms with van der Waals surface area (Å²) in [4.78, 5) is 23.7. The Hall–Kier alpha value is -2.42. The lowest BCUT2D eigenvalue weighted by molar-refractivity contribution is -0.122. The van der Waals surface area contributed by atoms with Gasteiger partial charge in [-0.05, 0) is 54.8 Å². The molecule has 30 heavy (non-hydrogen) atoms. The van der Waals surface area contributed by atoms with E-state index in [1.165, 1.54) is 35.7 Å². The summed E-state index contributed by atoms with van der Waals surface area (Å²) >= 11 is 5.91. The summed E-state index contributed by atoms with van der Waals surface area (Å²) in [5, 5.41) is 0.426. The number of esters is 1. The van der Waals surface area contributed by atoms with E-state index in [0.717, 1.165) is 0 Å². The predicted molar refractivity (Wildman–Crippen MR) is 112 cm³/mol. The fourth-order valence-corrected chi connectivity index (χ4v) is 5.59. The lowest BCUT2D eigenvalue weighted by Crippen LogP contribution is -2.45. The zero-order chi connectivity index (χ0) is 21.9. The highest BCUT2D eigenvalue weighted by molar-refractivity contribution is 7.89. The SMILES string of the molecule is COC(=O)c1ccc(CN(C2CCCC2C(N)=O)S(=O)(=O)c2ccc(Cl)cc2)cc1. The van der Waals surface area contributed by atoms with Crippen LogP contribution in [0.2, 0.25) is 5.02 Å². The van der Waals surface area contributed by atoms with Gasteiger partial charge >= 0.3 is 5.97 Å². The topological polar surface area (TPSA) is 107 Å². The molecule has 2 N–H and O–H groups in total. The molecule has 7 nitrogen and oxygen atoms in total. The number of carbonyl (C=O) groups is 2. The van der Waals surface area contributed by atoms with Gasteiger partial charge < -0.3 is 10.5 Å². The van der Waals surface area contributed by atoms with Gasteiger partial charge in [0.15, 0.2) is 0 Å². The Bertz CT molecular complexity index is 1020. The van der Waals surface area contributed by atoms with Crippen LogP contribution in [0.25, 0.3) is 0 Å². The fraction of sp³-hybridized carbons (Fsp3) is 0.333. The van der Waals surface area contributed by atoms with Crippen molar-refractivity contribution >= 4 is 33.5 Å². The minimum Gasteiger partial charge on any atom is -0.465 e. The molecule has 0 radical (unpaired) electrons. The lowest BCUT2D eigenvalue weighted by Gasteiger charge is -2.31. The smallest absolute Gasteiger partial charge is 0.337 e. The van der Waals surface area contributed by atoms with Crippen LogP contribution < -0.4 is 5.73 Å². The van der Waals surface area contributed by atoms with Crippen molar-refractivity contribution in [3.63, 3.8) is 0 Å². The van der Waals surface area contributed by atoms with Gasteiger partial charge in [-0.25, -0.2) is 13.2 Å². The van der Waals surface area contributed by atoms with E-state index in [1.54, 1.807) is 24.3 Å². The van der Waals surface area contributed by atoms with Crippen molar-refractivity contribution in [2.75, 3.05) is 7.11 Å². The summed E-state index contributed by atoms with van der Waals surface area (Å²) < 4.78 is 33.0. The average molecular weight is 451 g/mol. The van der Waals surface area contributed by atoms with Crippen molar-refractivity contribution in [1.29, 1.82) is 0 Å². The van der Waals surface area contributed by atoms with Crippen molar-refractivity contribution in [3.05, 3.63) is 64.7 Å². The molecule has 2 aromatic carbocycles. The van der Waals surface area contributed by atoms with Crippen LogP contribution in [0, 0.1) is 5.92 Å². The van der Waals surface area contributed by atoms with Gasteiger partial charge in [-0.2, -0.15) is 4.31 Å². The first-order chi connectivity index (χ1) is 14.2. The van der Waals surface area contributed by atoms with Gasteiger partial charge in [0.05, 0.1) is 23.5 Å². The molecule has 9 heteroatoms. The van der Waals surface area contributed by atoms with Crippen LogP contribution in [-0.4, -0.2) is 37.8 Å². The summed E-state index contributed by atoms with van der Waals surface area (Å²) in [6.45, 7) is 0.0425. The van der Waals surface area contributed by atoms with E-state index in [9.17, 15) is 18.0 Å². The minimum atomic E-state index is -3.92. The molecule has 2 unspecified atom stereocenters. The van der Waals surface area contributed by atoms with E-state index in [-0.39, 0.29) is 11.4 Å². The van der Waals surface area contributed by atoms with Crippen LogP contribution in [0.1, 0.15) is 35.2 Å². The molecule has 0 aliphatic heterocycles. The molecular formula is C21H23ClN2O5S. The summed E-state index contributed by atoms with van der Waals surface area (Å²) in [6.07, 6.45) is 1.81. The van der Waals surface area contributed by atoms with Gasteiger partial charge in [-0.3, -0.25) is 4.79 Å². The van der Waals surface area contributed by atoms with Gasteiger partial charge in [0.25, 0.3) is 0 Å². The van der Waals surface area contributed by atoms with E-state index in [2.05, 4.69) is 0 Å². The molecule has 0 bridgehead atoms. The maximum atomic E-state index is 13.5. The van der Waals surface area contributed by atoms with Crippen LogP contribution in [0.3, 0.4) is 0 Å². The Balaban J connectivity index is 1.98. The number of carbonyl (C=O) groups excluding carboxylic acids is 2. The zero-order valence-electron chi connectivity index (χ0n) is 16.5. The zero-order valence-corrected chi connectivity index (χ0v) is 18.0. The maximum absolute atomic E-state index is 13.5. The first kappa shape index (κ1) is 22.3. The highest BCUT2D eigenvalue weighted by Gasteiger charge is 2.41. The summed E-state index contributed by atoms with van der Waals surface area (Å²) in [6, 6.07) is 11.9. The van der Waals surface area contributed by atoms with Crippen LogP contribution in [0.15, 0.2) is 53.4 Å². The Morgan fingerprint density at radius 1 is 1.10 bits per heavy atom. The van der Waals surface area contributed by atoms with E-state index in [0.29, 0.717) is 35.4 Å². The molecule has 2 aromatic rings. The Morgan fingerprint density at radius 3 is 2.30 bits per heavy atom. The minimum absolute atomic E-state index is 0.0425. The second kappa shape index (κ2) is 9.16. The highest BCUT2D eigenvalue weighted by Crippen LogP contribution is 2.34.